The molecule has 0 radical (unpaired) electrons. The number of halogens is 3. The SMILES string of the molecule is COc1ccc(Cl)cc1C(NN)c1cc(Cl)sc1Cl. The molecule has 0 saturated carbocycles. The Morgan fingerprint density at radius 1 is 1.21 bits per heavy atom. The van der Waals surface area contributed by atoms with Gasteiger partial charge in [-0.25, -0.2) is 5.43 Å². The Morgan fingerprint density at radius 3 is 2.47 bits per heavy atom. The number of rotatable bonds is 4. The second-order valence-corrected chi connectivity index (χ2v) is 6.49. The van der Waals surface area contributed by atoms with Gasteiger partial charge in [-0.2, -0.15) is 0 Å². The molecule has 1 aromatic carbocycles. The molecule has 102 valence electrons. The van der Waals surface area contributed by atoms with Crippen LogP contribution >= 0.6 is 46.1 Å². The summed E-state index contributed by atoms with van der Waals surface area (Å²) in [6.45, 7) is 0. The predicted octanol–water partition coefficient (Wildman–Crippen LogP) is 4.27. The summed E-state index contributed by atoms with van der Waals surface area (Å²) in [6, 6.07) is 6.75. The molecule has 0 aliphatic carbocycles. The van der Waals surface area contributed by atoms with Crippen LogP contribution < -0.4 is 16.0 Å². The van der Waals surface area contributed by atoms with Crippen molar-refractivity contribution in [3.05, 3.63) is 49.1 Å². The molecule has 0 amide bonds. The van der Waals surface area contributed by atoms with Gasteiger partial charge in [0.05, 0.1) is 21.8 Å². The standard InChI is InChI=1S/C12H11Cl3N2OS/c1-18-9-3-2-6(13)4-7(9)11(17-16)8-5-10(14)19-12(8)15/h2-5,11,17H,16H2,1H3. The molecule has 0 saturated heterocycles. The van der Waals surface area contributed by atoms with Crippen LogP contribution in [0.15, 0.2) is 24.3 Å². The number of benzene rings is 1. The van der Waals surface area contributed by atoms with Crippen molar-refractivity contribution in [2.24, 2.45) is 5.84 Å². The number of thiophene rings is 1. The van der Waals surface area contributed by atoms with E-state index in [2.05, 4.69) is 5.43 Å². The van der Waals surface area contributed by atoms with E-state index in [1.165, 1.54) is 11.3 Å². The minimum Gasteiger partial charge on any atom is -0.496 e. The Balaban J connectivity index is 2.53. The number of hydrogen-bond donors (Lipinski definition) is 2. The summed E-state index contributed by atoms with van der Waals surface area (Å²) in [5.41, 5.74) is 4.31. The third-order valence-corrected chi connectivity index (χ3v) is 4.42. The van der Waals surface area contributed by atoms with E-state index in [-0.39, 0.29) is 6.04 Å². The molecule has 0 aliphatic heterocycles. The lowest BCUT2D eigenvalue weighted by atomic mass is 10.0. The Morgan fingerprint density at radius 2 is 1.95 bits per heavy atom. The van der Waals surface area contributed by atoms with Crippen LogP contribution in [0.2, 0.25) is 13.7 Å². The van der Waals surface area contributed by atoms with Crippen molar-refractivity contribution in [1.82, 2.24) is 5.43 Å². The summed E-state index contributed by atoms with van der Waals surface area (Å²) >= 11 is 19.4. The maximum Gasteiger partial charge on any atom is 0.124 e. The minimum absolute atomic E-state index is 0.343. The van der Waals surface area contributed by atoms with Gasteiger partial charge >= 0.3 is 0 Å². The number of hydrazine groups is 1. The highest BCUT2D eigenvalue weighted by Crippen LogP contribution is 2.40. The number of hydrogen-bond acceptors (Lipinski definition) is 4. The second-order valence-electron chi connectivity index (χ2n) is 3.77. The molecule has 7 heteroatoms. The molecular weight excluding hydrogens is 327 g/mol. The summed E-state index contributed by atoms with van der Waals surface area (Å²) in [4.78, 5) is 0. The van der Waals surface area contributed by atoms with Crippen LogP contribution in [0, 0.1) is 0 Å². The molecule has 0 aliphatic rings. The van der Waals surface area contributed by atoms with E-state index < -0.39 is 0 Å². The smallest absolute Gasteiger partial charge is 0.124 e. The fraction of sp³-hybridized carbons (Fsp3) is 0.167. The third-order valence-electron chi connectivity index (χ3n) is 2.66. The van der Waals surface area contributed by atoms with Gasteiger partial charge in [-0.3, -0.25) is 5.84 Å². The molecule has 1 unspecified atom stereocenters. The Bertz CT molecular complexity index is 588. The second kappa shape index (κ2) is 6.31. The van der Waals surface area contributed by atoms with Gasteiger partial charge in [-0.1, -0.05) is 34.8 Å². The van der Waals surface area contributed by atoms with E-state index in [9.17, 15) is 0 Å². The summed E-state index contributed by atoms with van der Waals surface area (Å²) < 4.78 is 6.50. The molecule has 2 rings (SSSR count). The summed E-state index contributed by atoms with van der Waals surface area (Å²) in [7, 11) is 1.59. The Labute approximate surface area is 130 Å². The minimum atomic E-state index is -0.343. The summed E-state index contributed by atoms with van der Waals surface area (Å²) in [5.74, 6) is 6.31. The number of methoxy groups -OCH3 is 1. The number of ether oxygens (including phenoxy) is 1. The van der Waals surface area contributed by atoms with Crippen LogP contribution in [-0.4, -0.2) is 7.11 Å². The molecule has 0 spiro atoms. The highest BCUT2D eigenvalue weighted by molar-refractivity contribution is 7.20. The maximum absolute atomic E-state index is 6.17. The van der Waals surface area contributed by atoms with Gasteiger partial charge in [0, 0.05) is 16.1 Å². The van der Waals surface area contributed by atoms with Gasteiger partial charge in [-0.15, -0.1) is 11.3 Å². The topological polar surface area (TPSA) is 47.3 Å². The molecular formula is C12H11Cl3N2OS. The third kappa shape index (κ3) is 3.16. The average Bonchev–Trinajstić information content (AvgIpc) is 2.70. The molecule has 1 aromatic heterocycles. The van der Waals surface area contributed by atoms with Crippen molar-refractivity contribution < 1.29 is 4.74 Å². The quantitative estimate of drug-likeness (QED) is 0.647. The van der Waals surface area contributed by atoms with Gasteiger partial charge in [0.25, 0.3) is 0 Å². The summed E-state index contributed by atoms with van der Waals surface area (Å²) in [5, 5.41) is 0.591. The summed E-state index contributed by atoms with van der Waals surface area (Å²) in [6.07, 6.45) is 0. The van der Waals surface area contributed by atoms with E-state index in [1.54, 1.807) is 31.4 Å². The molecule has 0 fully saturated rings. The van der Waals surface area contributed by atoms with Gasteiger partial charge in [0.15, 0.2) is 0 Å². The Hall–Kier alpha value is -0.490. The van der Waals surface area contributed by atoms with Gasteiger partial charge < -0.3 is 4.74 Å². The first kappa shape index (κ1) is 14.9. The lowest BCUT2D eigenvalue weighted by Gasteiger charge is -2.19. The maximum atomic E-state index is 6.17. The highest BCUT2D eigenvalue weighted by Gasteiger charge is 2.22. The van der Waals surface area contributed by atoms with E-state index in [4.69, 9.17) is 45.4 Å². The molecule has 3 N–H and O–H groups in total. The molecule has 2 aromatic rings. The molecule has 0 bridgehead atoms. The molecule has 1 atom stereocenters. The zero-order valence-corrected chi connectivity index (χ0v) is 13.0. The van der Waals surface area contributed by atoms with E-state index in [0.717, 1.165) is 11.1 Å². The zero-order chi connectivity index (χ0) is 14.0. The first-order chi connectivity index (χ1) is 9.06. The van der Waals surface area contributed by atoms with Crippen LogP contribution in [0.3, 0.4) is 0 Å². The number of nitrogens with one attached hydrogen (secondary N) is 1. The van der Waals surface area contributed by atoms with E-state index in [1.807, 2.05) is 0 Å². The molecule has 1 heterocycles. The van der Waals surface area contributed by atoms with Crippen LogP contribution in [0.1, 0.15) is 17.2 Å². The first-order valence-electron chi connectivity index (χ1n) is 5.31. The van der Waals surface area contributed by atoms with Crippen LogP contribution in [0.25, 0.3) is 0 Å². The van der Waals surface area contributed by atoms with Gasteiger partial charge in [-0.05, 0) is 24.3 Å². The van der Waals surface area contributed by atoms with Crippen molar-refractivity contribution in [3.8, 4) is 5.75 Å². The monoisotopic (exact) mass is 336 g/mol. The van der Waals surface area contributed by atoms with Crippen molar-refractivity contribution in [3.63, 3.8) is 0 Å². The van der Waals surface area contributed by atoms with Crippen LogP contribution in [0.5, 0.6) is 5.75 Å². The normalized spacial score (nSPS) is 12.5. The number of nitrogens with two attached hydrogens (primary N) is 1. The van der Waals surface area contributed by atoms with Gasteiger partial charge in [0.1, 0.15) is 5.75 Å². The highest BCUT2D eigenvalue weighted by atomic mass is 35.5. The Kier molecular flexibility index (Phi) is 4.95. The fourth-order valence-electron chi connectivity index (χ4n) is 1.83. The first-order valence-corrected chi connectivity index (χ1v) is 7.26. The predicted molar refractivity (Wildman–Crippen MR) is 81.5 cm³/mol. The van der Waals surface area contributed by atoms with Crippen LogP contribution in [-0.2, 0) is 0 Å². The fourth-order valence-corrected chi connectivity index (χ4v) is 3.54. The lowest BCUT2D eigenvalue weighted by molar-refractivity contribution is 0.404. The average molecular weight is 338 g/mol. The van der Waals surface area contributed by atoms with E-state index >= 15 is 0 Å². The van der Waals surface area contributed by atoms with Crippen molar-refractivity contribution >= 4 is 46.1 Å². The van der Waals surface area contributed by atoms with Crippen LogP contribution in [0.4, 0.5) is 0 Å². The zero-order valence-electron chi connectivity index (χ0n) is 9.91. The van der Waals surface area contributed by atoms with Crippen molar-refractivity contribution in [1.29, 1.82) is 0 Å². The van der Waals surface area contributed by atoms with Gasteiger partial charge in [0.2, 0.25) is 0 Å². The molecule has 19 heavy (non-hydrogen) atoms. The van der Waals surface area contributed by atoms with E-state index in [0.29, 0.717) is 19.4 Å². The largest absolute Gasteiger partial charge is 0.496 e. The van der Waals surface area contributed by atoms with Crippen molar-refractivity contribution in [2.75, 3.05) is 7.11 Å². The molecule has 3 nitrogen and oxygen atoms in total. The van der Waals surface area contributed by atoms with Crippen molar-refractivity contribution in [2.45, 2.75) is 6.04 Å². The lowest BCUT2D eigenvalue weighted by Crippen LogP contribution is -2.29.